The van der Waals surface area contributed by atoms with E-state index in [1.54, 1.807) is 0 Å². The molecule has 0 aromatic rings. The molecule has 0 saturated heterocycles. The van der Waals surface area contributed by atoms with Gasteiger partial charge in [-0.1, -0.05) is 0 Å². The molecule has 0 unspecified atom stereocenters. The number of nitrogens with two attached hydrogens (primary N) is 1. The van der Waals surface area contributed by atoms with Crippen LogP contribution < -0.4 is 11.1 Å². The number of aliphatic hydroxyl groups is 2. The van der Waals surface area contributed by atoms with E-state index >= 15 is 0 Å². The Labute approximate surface area is 65.0 Å². The van der Waals surface area contributed by atoms with Gasteiger partial charge in [0, 0.05) is 12.7 Å². The molecule has 0 aliphatic rings. The summed E-state index contributed by atoms with van der Waals surface area (Å²) in [7, 11) is 0. The van der Waals surface area contributed by atoms with E-state index in [-0.39, 0.29) is 19.0 Å². The van der Waals surface area contributed by atoms with Gasteiger partial charge >= 0.3 is 0 Å². The van der Waals surface area contributed by atoms with Crippen molar-refractivity contribution in [2.75, 3.05) is 13.2 Å². The molecular weight excluding hydrogens is 146 g/mol. The minimum Gasteiger partial charge on any atom is -0.394 e. The van der Waals surface area contributed by atoms with E-state index < -0.39 is 6.10 Å². The van der Waals surface area contributed by atoms with Gasteiger partial charge < -0.3 is 21.3 Å². The summed E-state index contributed by atoms with van der Waals surface area (Å²) in [6, 6.07) is 0. The Balaban J connectivity index is 3.33. The molecule has 0 heterocycles. The van der Waals surface area contributed by atoms with E-state index in [0.717, 1.165) is 0 Å². The van der Waals surface area contributed by atoms with Crippen LogP contribution >= 0.6 is 0 Å². The van der Waals surface area contributed by atoms with Crippen molar-refractivity contribution in [2.45, 2.75) is 6.10 Å². The van der Waals surface area contributed by atoms with E-state index in [1.165, 1.54) is 12.3 Å². The first-order valence-electron chi connectivity index (χ1n) is 3.19. The molecule has 0 aliphatic carbocycles. The highest BCUT2D eigenvalue weighted by molar-refractivity contribution is 5.88. The molecule has 0 amide bonds. The van der Waals surface area contributed by atoms with Crippen molar-refractivity contribution in [3.05, 3.63) is 12.3 Å². The normalized spacial score (nSPS) is 13.3. The summed E-state index contributed by atoms with van der Waals surface area (Å²) in [4.78, 5) is 0. The second-order valence-corrected chi connectivity index (χ2v) is 2.03. The van der Waals surface area contributed by atoms with Crippen molar-refractivity contribution in [1.82, 2.24) is 5.32 Å². The number of hydrogen-bond donors (Lipinski definition) is 5. The summed E-state index contributed by atoms with van der Waals surface area (Å²) in [5.41, 5.74) is 4.99. The molecule has 0 aliphatic heterocycles. The van der Waals surface area contributed by atoms with Crippen LogP contribution in [0.25, 0.3) is 0 Å². The number of nitrogens with one attached hydrogen (secondary N) is 2. The molecule has 0 aromatic heterocycles. The van der Waals surface area contributed by atoms with Gasteiger partial charge in [-0.25, -0.2) is 0 Å². The smallest absolute Gasteiger partial charge is 0.116 e. The Bertz CT molecular complexity index is 147. The van der Waals surface area contributed by atoms with Crippen LogP contribution in [0, 0.1) is 5.41 Å². The zero-order chi connectivity index (χ0) is 8.69. The first-order valence-corrected chi connectivity index (χ1v) is 3.19. The maximum atomic E-state index is 8.79. The van der Waals surface area contributed by atoms with E-state index in [1.807, 2.05) is 0 Å². The second kappa shape index (κ2) is 5.70. The molecular formula is C6H13N3O2. The Kier molecular flexibility index (Phi) is 5.14. The molecule has 5 heteroatoms. The van der Waals surface area contributed by atoms with E-state index in [0.29, 0.717) is 0 Å². The molecule has 6 N–H and O–H groups in total. The third-order valence-electron chi connectivity index (χ3n) is 0.945. The van der Waals surface area contributed by atoms with Gasteiger partial charge in [-0.15, -0.1) is 0 Å². The van der Waals surface area contributed by atoms with Crippen LogP contribution in [0.5, 0.6) is 0 Å². The van der Waals surface area contributed by atoms with Crippen molar-refractivity contribution in [2.24, 2.45) is 5.73 Å². The number of amidine groups is 1. The fraction of sp³-hybridized carbons (Fsp3) is 0.500. The van der Waals surface area contributed by atoms with Crippen molar-refractivity contribution in [1.29, 1.82) is 5.41 Å². The standard InChI is InChI=1S/C6H13N3O2/c7-6(8)1-2-9-3-5(11)4-10/h1-2,5,9-11H,3-4H2,(H3,7,8)/b2-1-/t5-/m0/s1. The quantitative estimate of drug-likeness (QED) is 0.246. The van der Waals surface area contributed by atoms with Gasteiger partial charge in [0.25, 0.3) is 0 Å². The van der Waals surface area contributed by atoms with Gasteiger partial charge in [-0.05, 0) is 6.08 Å². The molecule has 1 atom stereocenters. The van der Waals surface area contributed by atoms with Crippen LogP contribution in [0.1, 0.15) is 0 Å². The fourth-order valence-electron chi connectivity index (χ4n) is 0.417. The lowest BCUT2D eigenvalue weighted by atomic mass is 10.4. The average molecular weight is 159 g/mol. The van der Waals surface area contributed by atoms with Gasteiger partial charge in [-0.2, -0.15) is 0 Å². The highest BCUT2D eigenvalue weighted by atomic mass is 16.3. The first-order chi connectivity index (χ1) is 5.16. The largest absolute Gasteiger partial charge is 0.394 e. The summed E-state index contributed by atoms with van der Waals surface area (Å²) >= 11 is 0. The highest BCUT2D eigenvalue weighted by Gasteiger charge is 1.96. The van der Waals surface area contributed by atoms with Crippen LogP contribution in [0.2, 0.25) is 0 Å². The summed E-state index contributed by atoms with van der Waals surface area (Å²) in [6.45, 7) is -0.0266. The summed E-state index contributed by atoms with van der Waals surface area (Å²) in [6.07, 6.45) is 2.03. The van der Waals surface area contributed by atoms with Crippen molar-refractivity contribution in [3.63, 3.8) is 0 Å². The van der Waals surface area contributed by atoms with Crippen molar-refractivity contribution < 1.29 is 10.2 Å². The van der Waals surface area contributed by atoms with E-state index in [9.17, 15) is 0 Å². The topological polar surface area (TPSA) is 102 Å². The predicted molar refractivity (Wildman–Crippen MR) is 42.1 cm³/mol. The minimum atomic E-state index is -0.772. The Morgan fingerprint density at radius 2 is 2.36 bits per heavy atom. The predicted octanol–water partition coefficient (Wildman–Crippen LogP) is -1.62. The average Bonchev–Trinajstić information content (AvgIpc) is 1.97. The van der Waals surface area contributed by atoms with Crippen LogP contribution in [0.4, 0.5) is 0 Å². The molecule has 5 nitrogen and oxygen atoms in total. The molecule has 0 radical (unpaired) electrons. The molecule has 0 bridgehead atoms. The van der Waals surface area contributed by atoms with E-state index in [2.05, 4.69) is 5.32 Å². The Morgan fingerprint density at radius 3 is 2.82 bits per heavy atom. The molecule has 0 fully saturated rings. The van der Waals surface area contributed by atoms with Crippen LogP contribution in [-0.2, 0) is 0 Å². The molecule has 0 rings (SSSR count). The van der Waals surface area contributed by atoms with Crippen LogP contribution in [-0.4, -0.2) is 35.3 Å². The number of aliphatic hydroxyl groups excluding tert-OH is 2. The lowest BCUT2D eigenvalue weighted by molar-refractivity contribution is 0.0972. The number of hydrogen-bond acceptors (Lipinski definition) is 4. The van der Waals surface area contributed by atoms with Gasteiger partial charge in [0.05, 0.1) is 12.7 Å². The minimum absolute atomic E-state index is 0.0593. The van der Waals surface area contributed by atoms with Crippen LogP contribution in [0.15, 0.2) is 12.3 Å². The van der Waals surface area contributed by atoms with E-state index in [4.69, 9.17) is 21.4 Å². The zero-order valence-corrected chi connectivity index (χ0v) is 6.12. The number of rotatable bonds is 5. The second-order valence-electron chi connectivity index (χ2n) is 2.03. The maximum absolute atomic E-state index is 8.79. The van der Waals surface area contributed by atoms with Crippen molar-refractivity contribution >= 4 is 5.84 Å². The Morgan fingerprint density at radius 1 is 1.73 bits per heavy atom. The lowest BCUT2D eigenvalue weighted by Crippen LogP contribution is -2.26. The van der Waals surface area contributed by atoms with Gasteiger partial charge in [0.1, 0.15) is 5.84 Å². The van der Waals surface area contributed by atoms with Crippen LogP contribution in [0.3, 0.4) is 0 Å². The summed E-state index contributed by atoms with van der Waals surface area (Å²) < 4.78 is 0. The highest BCUT2D eigenvalue weighted by Crippen LogP contribution is 1.76. The molecule has 64 valence electrons. The lowest BCUT2D eigenvalue weighted by Gasteiger charge is -2.05. The third-order valence-corrected chi connectivity index (χ3v) is 0.945. The van der Waals surface area contributed by atoms with Gasteiger partial charge in [0.15, 0.2) is 0 Å². The summed E-state index contributed by atoms with van der Waals surface area (Å²) in [5, 5.41) is 26.6. The van der Waals surface area contributed by atoms with Crippen molar-refractivity contribution in [3.8, 4) is 0 Å². The molecule has 11 heavy (non-hydrogen) atoms. The molecule has 0 aromatic carbocycles. The fourth-order valence-corrected chi connectivity index (χ4v) is 0.417. The zero-order valence-electron chi connectivity index (χ0n) is 6.12. The SMILES string of the molecule is N=C(N)/C=C\NC[C@H](O)CO. The molecule has 0 saturated carbocycles. The monoisotopic (exact) mass is 159 g/mol. The third kappa shape index (κ3) is 6.82. The summed E-state index contributed by atoms with van der Waals surface area (Å²) in [5.74, 6) is -0.0593. The van der Waals surface area contributed by atoms with Gasteiger partial charge in [-0.3, -0.25) is 5.41 Å². The maximum Gasteiger partial charge on any atom is 0.116 e. The Hall–Kier alpha value is -1.07. The van der Waals surface area contributed by atoms with Gasteiger partial charge in [0.2, 0.25) is 0 Å². The first kappa shape index (κ1) is 9.93. The molecule has 0 spiro atoms.